The Morgan fingerprint density at radius 1 is 1.30 bits per heavy atom. The third-order valence-electron chi connectivity index (χ3n) is 3.51. The highest BCUT2D eigenvalue weighted by Gasteiger charge is 2.35. The maximum absolute atomic E-state index is 12.4. The van der Waals surface area contributed by atoms with Crippen LogP contribution in [0.4, 0.5) is 5.69 Å². The van der Waals surface area contributed by atoms with Crippen molar-refractivity contribution in [3.8, 4) is 17.6 Å². The summed E-state index contributed by atoms with van der Waals surface area (Å²) >= 11 is 0. The minimum Gasteiger partial charge on any atom is -0.497 e. The number of benzene rings is 1. The van der Waals surface area contributed by atoms with Crippen LogP contribution in [0.3, 0.4) is 0 Å². The molecule has 1 amide bonds. The molecule has 0 spiro atoms. The van der Waals surface area contributed by atoms with Crippen molar-refractivity contribution in [2.24, 2.45) is 5.41 Å². The average Bonchev–Trinajstić information content (AvgIpc) is 2.49. The Balaban J connectivity index is 3.09. The average molecular weight is 276 g/mol. The second kappa shape index (κ2) is 6.80. The van der Waals surface area contributed by atoms with Crippen molar-refractivity contribution < 1.29 is 14.3 Å². The van der Waals surface area contributed by atoms with E-state index in [2.05, 4.69) is 11.4 Å². The van der Waals surface area contributed by atoms with Crippen molar-refractivity contribution in [3.05, 3.63) is 18.2 Å². The lowest BCUT2D eigenvalue weighted by Gasteiger charge is -2.23. The molecule has 1 rings (SSSR count). The Labute approximate surface area is 119 Å². The van der Waals surface area contributed by atoms with Gasteiger partial charge in [-0.15, -0.1) is 0 Å². The zero-order valence-electron chi connectivity index (χ0n) is 12.3. The van der Waals surface area contributed by atoms with E-state index >= 15 is 0 Å². The zero-order chi connectivity index (χ0) is 15.2. The number of hydrogen-bond donors (Lipinski definition) is 1. The SMILES string of the molecule is CCC(C#N)(CC)C(=O)Nc1cc(OC)ccc1OC. The van der Waals surface area contributed by atoms with Crippen molar-refractivity contribution in [3.63, 3.8) is 0 Å². The molecule has 0 aliphatic heterocycles. The van der Waals surface area contributed by atoms with Gasteiger partial charge in [0.1, 0.15) is 16.9 Å². The summed E-state index contributed by atoms with van der Waals surface area (Å²) in [6, 6.07) is 7.24. The first-order valence-corrected chi connectivity index (χ1v) is 6.51. The Bertz CT molecular complexity index is 516. The van der Waals surface area contributed by atoms with E-state index in [0.29, 0.717) is 30.0 Å². The number of methoxy groups -OCH3 is 2. The second-order valence-corrected chi connectivity index (χ2v) is 4.42. The number of amides is 1. The van der Waals surface area contributed by atoms with Gasteiger partial charge in [0.15, 0.2) is 0 Å². The van der Waals surface area contributed by atoms with Gasteiger partial charge in [-0.2, -0.15) is 5.26 Å². The van der Waals surface area contributed by atoms with Crippen LogP contribution in [0.15, 0.2) is 18.2 Å². The fraction of sp³-hybridized carbons (Fsp3) is 0.467. The van der Waals surface area contributed by atoms with Crippen LogP contribution < -0.4 is 14.8 Å². The minimum absolute atomic E-state index is 0.323. The molecule has 0 aliphatic carbocycles. The normalized spacial score (nSPS) is 10.6. The third kappa shape index (κ3) is 3.02. The van der Waals surface area contributed by atoms with E-state index in [4.69, 9.17) is 9.47 Å². The fourth-order valence-electron chi connectivity index (χ4n) is 1.93. The van der Waals surface area contributed by atoms with Crippen LogP contribution >= 0.6 is 0 Å². The van der Waals surface area contributed by atoms with Crippen molar-refractivity contribution in [1.82, 2.24) is 0 Å². The molecule has 0 fully saturated rings. The highest BCUT2D eigenvalue weighted by atomic mass is 16.5. The number of nitrogens with zero attached hydrogens (tertiary/aromatic N) is 1. The van der Waals surface area contributed by atoms with Crippen LogP contribution in [-0.4, -0.2) is 20.1 Å². The van der Waals surface area contributed by atoms with Crippen molar-refractivity contribution in [1.29, 1.82) is 5.26 Å². The fourth-order valence-corrected chi connectivity index (χ4v) is 1.93. The topological polar surface area (TPSA) is 71.4 Å². The van der Waals surface area contributed by atoms with E-state index < -0.39 is 5.41 Å². The predicted octanol–water partition coefficient (Wildman–Crippen LogP) is 2.97. The molecule has 1 N–H and O–H groups in total. The molecule has 5 heteroatoms. The van der Waals surface area contributed by atoms with E-state index in [1.54, 1.807) is 25.3 Å². The molecule has 5 nitrogen and oxygen atoms in total. The molecule has 0 radical (unpaired) electrons. The Hall–Kier alpha value is -2.22. The lowest BCUT2D eigenvalue weighted by molar-refractivity contribution is -0.123. The summed E-state index contributed by atoms with van der Waals surface area (Å²) in [5.41, 5.74) is -0.521. The molecule has 20 heavy (non-hydrogen) atoms. The maximum Gasteiger partial charge on any atom is 0.244 e. The number of carbonyl (C=O) groups is 1. The molecule has 108 valence electrons. The van der Waals surface area contributed by atoms with Crippen molar-refractivity contribution in [2.45, 2.75) is 26.7 Å². The Morgan fingerprint density at radius 2 is 1.95 bits per heavy atom. The summed E-state index contributed by atoms with van der Waals surface area (Å²) < 4.78 is 10.3. The number of carbonyl (C=O) groups excluding carboxylic acids is 1. The molecule has 1 aromatic carbocycles. The molecule has 0 aliphatic rings. The Morgan fingerprint density at radius 3 is 2.40 bits per heavy atom. The summed E-state index contributed by atoms with van der Waals surface area (Å²) in [7, 11) is 3.07. The second-order valence-electron chi connectivity index (χ2n) is 4.42. The van der Waals surface area contributed by atoms with Gasteiger partial charge in [-0.05, 0) is 25.0 Å². The van der Waals surface area contributed by atoms with Crippen LogP contribution in [0.5, 0.6) is 11.5 Å². The molecular formula is C15H20N2O3. The number of rotatable bonds is 6. The zero-order valence-corrected chi connectivity index (χ0v) is 12.3. The van der Waals surface area contributed by atoms with Crippen LogP contribution in [0.1, 0.15) is 26.7 Å². The largest absolute Gasteiger partial charge is 0.497 e. The predicted molar refractivity (Wildman–Crippen MR) is 76.8 cm³/mol. The summed E-state index contributed by atoms with van der Waals surface area (Å²) in [5, 5.41) is 12.0. The molecule has 0 unspecified atom stereocenters. The first-order chi connectivity index (χ1) is 9.56. The van der Waals surface area contributed by atoms with Crippen LogP contribution in [0.2, 0.25) is 0 Å². The van der Waals surface area contributed by atoms with Crippen LogP contribution in [0.25, 0.3) is 0 Å². The van der Waals surface area contributed by atoms with Gasteiger partial charge in [-0.1, -0.05) is 13.8 Å². The van der Waals surface area contributed by atoms with E-state index in [9.17, 15) is 10.1 Å². The van der Waals surface area contributed by atoms with E-state index in [1.165, 1.54) is 7.11 Å². The highest BCUT2D eigenvalue weighted by Crippen LogP contribution is 2.32. The third-order valence-corrected chi connectivity index (χ3v) is 3.51. The standard InChI is InChI=1S/C15H20N2O3/c1-5-15(6-2,10-16)14(18)17-12-9-11(19-3)7-8-13(12)20-4/h7-9H,5-6H2,1-4H3,(H,17,18). The van der Waals surface area contributed by atoms with Gasteiger partial charge in [-0.3, -0.25) is 4.79 Å². The first-order valence-electron chi connectivity index (χ1n) is 6.51. The minimum atomic E-state index is -1.02. The number of hydrogen-bond acceptors (Lipinski definition) is 4. The molecule has 0 heterocycles. The highest BCUT2D eigenvalue weighted by molar-refractivity contribution is 5.98. The van der Waals surface area contributed by atoms with E-state index in [-0.39, 0.29) is 5.91 Å². The smallest absolute Gasteiger partial charge is 0.244 e. The van der Waals surface area contributed by atoms with Gasteiger partial charge in [0, 0.05) is 6.07 Å². The summed E-state index contributed by atoms with van der Waals surface area (Å²) in [5.74, 6) is 0.811. The molecule has 1 aromatic rings. The van der Waals surface area contributed by atoms with Gasteiger partial charge >= 0.3 is 0 Å². The number of nitrogens with one attached hydrogen (secondary N) is 1. The Kier molecular flexibility index (Phi) is 5.39. The van der Waals surface area contributed by atoms with Crippen molar-refractivity contribution in [2.75, 3.05) is 19.5 Å². The number of anilines is 1. The van der Waals surface area contributed by atoms with Crippen LogP contribution in [0, 0.1) is 16.7 Å². The summed E-state index contributed by atoms with van der Waals surface area (Å²) in [6.45, 7) is 3.66. The first kappa shape index (κ1) is 15.8. The molecule has 0 aromatic heterocycles. The van der Waals surface area contributed by atoms with E-state index in [1.807, 2.05) is 13.8 Å². The summed E-state index contributed by atoms with van der Waals surface area (Å²) in [6.07, 6.45) is 0.913. The van der Waals surface area contributed by atoms with Crippen LogP contribution in [-0.2, 0) is 4.79 Å². The van der Waals surface area contributed by atoms with Crippen molar-refractivity contribution >= 4 is 11.6 Å². The molecule has 0 saturated heterocycles. The lowest BCUT2D eigenvalue weighted by Crippen LogP contribution is -2.34. The lowest BCUT2D eigenvalue weighted by atomic mass is 9.83. The van der Waals surface area contributed by atoms with Gasteiger partial charge in [0.25, 0.3) is 0 Å². The summed E-state index contributed by atoms with van der Waals surface area (Å²) in [4.78, 5) is 12.4. The van der Waals surface area contributed by atoms with E-state index in [0.717, 1.165) is 0 Å². The maximum atomic E-state index is 12.4. The molecule has 0 atom stereocenters. The van der Waals surface area contributed by atoms with Gasteiger partial charge in [0.2, 0.25) is 5.91 Å². The van der Waals surface area contributed by atoms with Gasteiger partial charge in [0.05, 0.1) is 26.0 Å². The quantitative estimate of drug-likeness (QED) is 0.867. The number of nitriles is 1. The number of ether oxygens (including phenoxy) is 2. The van der Waals surface area contributed by atoms with Gasteiger partial charge in [-0.25, -0.2) is 0 Å². The molecule has 0 bridgehead atoms. The monoisotopic (exact) mass is 276 g/mol. The molecule has 0 saturated carbocycles. The van der Waals surface area contributed by atoms with Gasteiger partial charge < -0.3 is 14.8 Å². The molecular weight excluding hydrogens is 256 g/mol.